The molecule has 20 heteroatoms. The highest BCUT2D eigenvalue weighted by Gasteiger charge is 2.54. The average Bonchev–Trinajstić information content (AvgIpc) is 4.40. The Morgan fingerprint density at radius 1 is 0.434 bits per heavy atom. The van der Waals surface area contributed by atoms with Gasteiger partial charge in [0.05, 0.1) is 63.5 Å². The predicted octanol–water partition coefficient (Wildman–Crippen LogP) is 9.83. The zero-order valence-corrected chi connectivity index (χ0v) is 51.0. The minimum atomic E-state index is -1.32. The van der Waals surface area contributed by atoms with Crippen molar-refractivity contribution in [1.29, 1.82) is 0 Å². The van der Waals surface area contributed by atoms with Crippen LogP contribution >= 0.6 is 34.8 Å². The third kappa shape index (κ3) is 15.5. The minimum absolute atomic E-state index is 0.00316. The van der Waals surface area contributed by atoms with Crippen molar-refractivity contribution >= 4 is 70.2 Å². The largest absolute Gasteiger partial charge is 0.463 e. The van der Waals surface area contributed by atoms with Crippen LogP contribution in [0.2, 0.25) is 15.1 Å². The van der Waals surface area contributed by atoms with E-state index >= 15 is 0 Å². The lowest BCUT2D eigenvalue weighted by Gasteiger charge is -2.42. The molecular weight excluding hydrogens is 1130 g/mol. The Hall–Kier alpha value is -4.53. The van der Waals surface area contributed by atoms with Crippen LogP contribution in [-0.2, 0) is 90.7 Å². The van der Waals surface area contributed by atoms with Gasteiger partial charge >= 0.3 is 17.9 Å². The molecule has 83 heavy (non-hydrogen) atoms. The lowest BCUT2D eigenvalue weighted by Crippen LogP contribution is -2.60. The number of aliphatic hydroxyl groups excluding tert-OH is 1. The number of rotatable bonds is 19. The number of hydrogen-bond acceptors (Lipinski definition) is 16. The number of Topliss-reactive ketones (excluding diaryl/α,β-unsaturated/α-hetero) is 2. The van der Waals surface area contributed by atoms with Gasteiger partial charge in [0.1, 0.15) is 36.9 Å². The van der Waals surface area contributed by atoms with Crippen LogP contribution in [0.5, 0.6) is 0 Å². The molecule has 9 rings (SSSR count). The summed E-state index contributed by atoms with van der Waals surface area (Å²) < 4.78 is 52.0. The molecule has 3 heterocycles. The molecule has 3 aromatic carbocycles. The molecule has 17 nitrogen and oxygen atoms in total. The standard InChI is InChI=1S/C41H51Cl2NO10.C22H29ClO6/c1-26-19-30(42)20-27(2)33(26)23-32(45)25-38(5-9-40(10-6-38)51-15-16-52-40)36(47)49-13-14-50-37(48)39(7-11-41(12-8-39)53-17-18-54-41)44-35(46)24-34-28(3)21-31(43)22-29(34)4;1-15-11-17(23)12-16(2)19(15)13-18(25)14-21(20(26)27-8-7-24)3-5-22(6-4-21)28-9-10-29-22/h19-22H,5-18,23-25H2,1-4H3,(H,44,46);11-12,24H,3-10,13-14H2,1-2H3. The average molecular weight is 1210 g/mol. The lowest BCUT2D eigenvalue weighted by molar-refractivity contribution is -0.201. The molecule has 3 spiro atoms. The zero-order valence-electron chi connectivity index (χ0n) is 48.8. The topological polar surface area (TPSA) is 218 Å². The summed E-state index contributed by atoms with van der Waals surface area (Å²) in [5.74, 6) is -4.12. The highest BCUT2D eigenvalue weighted by molar-refractivity contribution is 6.31. The number of carbonyl (C=O) groups is 6. The predicted molar refractivity (Wildman–Crippen MR) is 308 cm³/mol. The number of halogens is 3. The molecule has 454 valence electrons. The maximum Gasteiger partial charge on any atom is 0.331 e. The van der Waals surface area contributed by atoms with E-state index in [9.17, 15) is 28.8 Å². The summed E-state index contributed by atoms with van der Waals surface area (Å²) >= 11 is 18.5. The molecule has 3 saturated heterocycles. The molecule has 6 fully saturated rings. The smallest absolute Gasteiger partial charge is 0.331 e. The second-order valence-corrected chi connectivity index (χ2v) is 25.0. The van der Waals surface area contributed by atoms with E-state index in [-0.39, 0.29) is 88.8 Å². The van der Waals surface area contributed by atoms with Gasteiger partial charge in [0.15, 0.2) is 17.4 Å². The maximum absolute atomic E-state index is 13.9. The van der Waals surface area contributed by atoms with Gasteiger partial charge in [-0.2, -0.15) is 0 Å². The molecule has 0 atom stereocenters. The highest BCUT2D eigenvalue weighted by atomic mass is 35.5. The van der Waals surface area contributed by atoms with Gasteiger partial charge < -0.3 is 53.1 Å². The Morgan fingerprint density at radius 2 is 0.723 bits per heavy atom. The molecule has 3 aromatic rings. The van der Waals surface area contributed by atoms with Crippen molar-refractivity contribution in [3.8, 4) is 0 Å². The van der Waals surface area contributed by atoms with Gasteiger partial charge in [0.2, 0.25) is 5.91 Å². The molecule has 3 aliphatic heterocycles. The summed E-state index contributed by atoms with van der Waals surface area (Å²) in [6.45, 7) is 13.8. The van der Waals surface area contributed by atoms with Crippen molar-refractivity contribution in [2.24, 2.45) is 10.8 Å². The van der Waals surface area contributed by atoms with Gasteiger partial charge in [0.25, 0.3) is 0 Å². The van der Waals surface area contributed by atoms with Crippen molar-refractivity contribution in [2.45, 2.75) is 174 Å². The van der Waals surface area contributed by atoms with Crippen LogP contribution in [0.25, 0.3) is 0 Å². The van der Waals surface area contributed by atoms with Gasteiger partial charge in [0, 0.05) is 79.3 Å². The Kier molecular flexibility index (Phi) is 21.3. The van der Waals surface area contributed by atoms with E-state index in [2.05, 4.69) is 5.32 Å². The van der Waals surface area contributed by atoms with E-state index in [1.807, 2.05) is 77.9 Å². The number of aryl methyl sites for hydroxylation is 6. The van der Waals surface area contributed by atoms with Crippen LogP contribution < -0.4 is 5.32 Å². The fourth-order valence-electron chi connectivity index (χ4n) is 13.2. The van der Waals surface area contributed by atoms with Gasteiger partial charge in [-0.25, -0.2) is 4.79 Å². The van der Waals surface area contributed by atoms with Crippen molar-refractivity contribution in [2.75, 3.05) is 66.1 Å². The number of carbonyl (C=O) groups excluding carboxylic acids is 6. The van der Waals surface area contributed by atoms with E-state index in [0.717, 1.165) is 50.1 Å². The molecule has 0 radical (unpaired) electrons. The molecule has 6 aliphatic rings. The van der Waals surface area contributed by atoms with Crippen LogP contribution in [0.1, 0.15) is 140 Å². The van der Waals surface area contributed by atoms with Gasteiger partial charge in [-0.1, -0.05) is 34.8 Å². The summed E-state index contributed by atoms with van der Waals surface area (Å²) in [7, 11) is 0. The molecule has 0 bridgehead atoms. The normalized spacial score (nSPS) is 22.9. The summed E-state index contributed by atoms with van der Waals surface area (Å²) in [5.41, 5.74) is 4.93. The van der Waals surface area contributed by atoms with Crippen molar-refractivity contribution in [3.05, 3.63) is 102 Å². The van der Waals surface area contributed by atoms with Crippen molar-refractivity contribution < 1.29 is 76.5 Å². The quantitative estimate of drug-likeness (QED) is 0.0648. The van der Waals surface area contributed by atoms with E-state index in [4.69, 9.17) is 82.5 Å². The molecule has 0 unspecified atom stereocenters. The van der Waals surface area contributed by atoms with Crippen LogP contribution in [0.3, 0.4) is 0 Å². The zero-order chi connectivity index (χ0) is 59.8. The van der Waals surface area contributed by atoms with E-state index in [1.165, 1.54) is 0 Å². The van der Waals surface area contributed by atoms with Crippen LogP contribution in [0.4, 0.5) is 0 Å². The van der Waals surface area contributed by atoms with Crippen LogP contribution in [-0.4, -0.2) is 129 Å². The van der Waals surface area contributed by atoms with Gasteiger partial charge in [-0.3, -0.25) is 24.0 Å². The first kappa shape index (κ1) is 64.5. The Balaban J connectivity index is 0.000000261. The number of ketones is 2. The number of ether oxygens (including phenoxy) is 9. The highest BCUT2D eigenvalue weighted by Crippen LogP contribution is 2.50. The molecule has 2 N–H and O–H groups in total. The molecule has 0 aromatic heterocycles. The maximum atomic E-state index is 13.9. The first-order valence-corrected chi connectivity index (χ1v) is 30.2. The summed E-state index contributed by atoms with van der Waals surface area (Å²) in [6.07, 6.45) is 5.51. The fraction of sp³-hybridized carbons (Fsp3) is 0.619. The number of nitrogens with one attached hydrogen (secondary N) is 1. The molecule has 3 saturated carbocycles. The number of hydrogen-bond donors (Lipinski definition) is 2. The Bertz CT molecular complexity index is 2660. The van der Waals surface area contributed by atoms with Crippen LogP contribution in [0.15, 0.2) is 36.4 Å². The minimum Gasteiger partial charge on any atom is -0.463 e. The fourth-order valence-corrected chi connectivity index (χ4v) is 14.2. The second kappa shape index (κ2) is 27.4. The third-order valence-electron chi connectivity index (χ3n) is 17.9. The van der Waals surface area contributed by atoms with E-state index in [0.29, 0.717) is 119 Å². The van der Waals surface area contributed by atoms with E-state index in [1.54, 1.807) is 0 Å². The first-order valence-electron chi connectivity index (χ1n) is 29.0. The van der Waals surface area contributed by atoms with Crippen LogP contribution in [0, 0.1) is 52.4 Å². The lowest BCUT2D eigenvalue weighted by atomic mass is 9.68. The summed E-state index contributed by atoms with van der Waals surface area (Å²) in [6, 6.07) is 11.0. The van der Waals surface area contributed by atoms with E-state index < -0.39 is 51.6 Å². The van der Waals surface area contributed by atoms with Gasteiger partial charge in [-0.05, 0) is 167 Å². The Morgan fingerprint density at radius 3 is 1.05 bits per heavy atom. The number of amides is 1. The SMILES string of the molecule is Cc1cc(Cl)cc(C)c1CC(=O)CC1(C(=O)OCCO)CCC2(CC1)OCCO2.Cc1cc(Cl)cc(C)c1CC(=O)CC1(C(=O)OCCOC(=O)C2(NC(=O)Cc3c(C)cc(Cl)cc3C)CCC3(CC2)OCCO3)CCC2(CC1)OCCO2. The van der Waals surface area contributed by atoms with Crippen molar-refractivity contribution in [1.82, 2.24) is 5.32 Å². The monoisotopic (exact) mass is 1210 g/mol. The molecule has 1 amide bonds. The molecule has 3 aliphatic carbocycles. The number of aliphatic hydroxyl groups is 1. The molecular formula is C63H80Cl3NO16. The summed E-state index contributed by atoms with van der Waals surface area (Å²) in [4.78, 5) is 80.9. The Labute approximate surface area is 501 Å². The third-order valence-corrected chi connectivity index (χ3v) is 18.5. The summed E-state index contributed by atoms with van der Waals surface area (Å²) in [5, 5.41) is 13.9. The number of esters is 3. The first-order chi connectivity index (χ1) is 39.5. The second-order valence-electron chi connectivity index (χ2n) is 23.7. The van der Waals surface area contributed by atoms with Gasteiger partial charge in [-0.15, -0.1) is 0 Å². The van der Waals surface area contributed by atoms with Crippen molar-refractivity contribution in [3.63, 3.8) is 0 Å². The number of benzene rings is 3.